The fourth-order valence-corrected chi connectivity index (χ4v) is 1.84. The maximum atomic E-state index is 11.8. The highest BCUT2D eigenvalue weighted by molar-refractivity contribution is 5.67. The molecule has 22 heavy (non-hydrogen) atoms. The molecular weight excluding hydrogens is 282 g/mol. The van der Waals surface area contributed by atoms with Gasteiger partial charge in [0, 0.05) is 26.8 Å². The van der Waals surface area contributed by atoms with E-state index < -0.39 is 0 Å². The van der Waals surface area contributed by atoms with E-state index in [1.165, 1.54) is 4.90 Å². The predicted octanol–water partition coefficient (Wildman–Crippen LogP) is 2.21. The van der Waals surface area contributed by atoms with Crippen molar-refractivity contribution in [3.63, 3.8) is 0 Å². The second-order valence-corrected chi connectivity index (χ2v) is 5.04. The van der Waals surface area contributed by atoms with Crippen LogP contribution in [0.1, 0.15) is 11.3 Å². The molecule has 0 N–H and O–H groups in total. The van der Waals surface area contributed by atoms with E-state index in [4.69, 9.17) is 9.47 Å². The first-order valence-corrected chi connectivity index (χ1v) is 7.11. The zero-order valence-electron chi connectivity index (χ0n) is 12.9. The van der Waals surface area contributed by atoms with Gasteiger partial charge < -0.3 is 18.9 Å². The summed E-state index contributed by atoms with van der Waals surface area (Å²) in [6, 6.07) is 9.60. The molecule has 0 radical (unpaired) electrons. The molecule has 2 rings (SSSR count). The summed E-state index contributed by atoms with van der Waals surface area (Å²) in [5, 5.41) is 0. The number of imidazole rings is 1. The molecule has 0 aliphatic carbocycles. The average Bonchev–Trinajstić information content (AvgIpc) is 2.95. The van der Waals surface area contributed by atoms with Crippen LogP contribution in [0.4, 0.5) is 4.79 Å². The lowest BCUT2D eigenvalue weighted by Crippen LogP contribution is -2.30. The molecule has 2 aromatic rings. The van der Waals surface area contributed by atoms with Gasteiger partial charge in [-0.05, 0) is 5.56 Å². The van der Waals surface area contributed by atoms with Gasteiger partial charge in [0.2, 0.25) is 0 Å². The van der Waals surface area contributed by atoms with Crippen molar-refractivity contribution in [1.29, 1.82) is 0 Å². The normalized spacial score (nSPS) is 10.5. The third-order valence-corrected chi connectivity index (χ3v) is 3.10. The number of ether oxygens (including phenoxy) is 2. The zero-order chi connectivity index (χ0) is 15.8. The number of aryl methyl sites for hydroxylation is 1. The van der Waals surface area contributed by atoms with Crippen LogP contribution in [0.5, 0.6) is 0 Å². The molecule has 1 aromatic carbocycles. The Bertz CT molecular complexity index is 583. The van der Waals surface area contributed by atoms with Crippen molar-refractivity contribution in [2.24, 2.45) is 7.05 Å². The summed E-state index contributed by atoms with van der Waals surface area (Å²) in [5.41, 5.74) is 1.84. The highest BCUT2D eigenvalue weighted by Gasteiger charge is 2.09. The number of carbonyl (C=O) groups is 1. The maximum Gasteiger partial charge on any atom is 0.409 e. The summed E-state index contributed by atoms with van der Waals surface area (Å²) >= 11 is 0. The molecule has 0 atom stereocenters. The van der Waals surface area contributed by atoms with E-state index >= 15 is 0 Å². The smallest absolute Gasteiger partial charge is 0.409 e. The Hall–Kier alpha value is -2.34. The molecule has 0 saturated carbocycles. The zero-order valence-corrected chi connectivity index (χ0v) is 12.9. The van der Waals surface area contributed by atoms with Crippen molar-refractivity contribution in [3.8, 4) is 0 Å². The maximum absolute atomic E-state index is 11.8. The Labute approximate surface area is 130 Å². The minimum atomic E-state index is -0.356. The summed E-state index contributed by atoms with van der Waals surface area (Å²) in [4.78, 5) is 17.5. The van der Waals surface area contributed by atoms with Crippen LogP contribution in [0.25, 0.3) is 0 Å². The Kier molecular flexibility index (Phi) is 5.97. The number of benzene rings is 1. The summed E-state index contributed by atoms with van der Waals surface area (Å²) < 4.78 is 12.6. The molecular formula is C16H21N3O3. The predicted molar refractivity (Wildman–Crippen MR) is 82.1 cm³/mol. The van der Waals surface area contributed by atoms with Gasteiger partial charge in [-0.15, -0.1) is 0 Å². The number of hydrogen-bond acceptors (Lipinski definition) is 4. The van der Waals surface area contributed by atoms with Crippen molar-refractivity contribution in [2.75, 3.05) is 20.2 Å². The number of nitrogens with zero attached hydrogens (tertiary/aromatic N) is 3. The summed E-state index contributed by atoms with van der Waals surface area (Å²) in [5.74, 6) is 0. The lowest BCUT2D eigenvalue weighted by Gasteiger charge is -2.16. The Balaban J connectivity index is 1.62. The largest absolute Gasteiger partial charge is 0.445 e. The quantitative estimate of drug-likeness (QED) is 0.736. The van der Waals surface area contributed by atoms with Gasteiger partial charge in [0.15, 0.2) is 0 Å². The molecule has 0 saturated heterocycles. The Morgan fingerprint density at radius 2 is 2.05 bits per heavy atom. The lowest BCUT2D eigenvalue weighted by atomic mass is 10.2. The second kappa shape index (κ2) is 8.19. The van der Waals surface area contributed by atoms with Gasteiger partial charge in [-0.3, -0.25) is 0 Å². The minimum Gasteiger partial charge on any atom is -0.445 e. The molecule has 6 nitrogen and oxygen atoms in total. The van der Waals surface area contributed by atoms with Crippen LogP contribution in [-0.4, -0.2) is 40.7 Å². The number of hydrogen-bond donors (Lipinski definition) is 0. The summed E-state index contributed by atoms with van der Waals surface area (Å²) in [6.07, 6.45) is 3.27. The average molecular weight is 303 g/mol. The molecule has 0 spiro atoms. The first kappa shape index (κ1) is 16.0. The van der Waals surface area contributed by atoms with Crippen molar-refractivity contribution in [2.45, 2.75) is 13.2 Å². The number of amides is 1. The van der Waals surface area contributed by atoms with Gasteiger partial charge in [-0.1, -0.05) is 30.3 Å². The summed E-state index contributed by atoms with van der Waals surface area (Å²) in [7, 11) is 3.60. The van der Waals surface area contributed by atoms with Gasteiger partial charge in [-0.25, -0.2) is 9.78 Å². The van der Waals surface area contributed by atoms with Crippen molar-refractivity contribution >= 4 is 6.09 Å². The van der Waals surface area contributed by atoms with Gasteiger partial charge in [0.1, 0.15) is 6.61 Å². The van der Waals surface area contributed by atoms with Crippen LogP contribution in [0.3, 0.4) is 0 Å². The first-order chi connectivity index (χ1) is 10.6. The standard InChI is InChI=1S/C16H21N3O3/c1-18-10-15(17-13-18)12-21-9-8-19(2)16(20)22-11-14-6-4-3-5-7-14/h3-7,10,13H,8-9,11-12H2,1-2H3. The van der Waals surface area contributed by atoms with Crippen LogP contribution in [0.2, 0.25) is 0 Å². The Morgan fingerprint density at radius 3 is 2.73 bits per heavy atom. The van der Waals surface area contributed by atoms with Crippen LogP contribution in [0, 0.1) is 0 Å². The molecule has 0 unspecified atom stereocenters. The van der Waals surface area contributed by atoms with E-state index in [0.29, 0.717) is 19.8 Å². The SMILES string of the molecule is CN(CCOCc1cn(C)cn1)C(=O)OCc1ccccc1. The van der Waals surface area contributed by atoms with Crippen molar-refractivity contribution in [3.05, 3.63) is 54.1 Å². The van der Waals surface area contributed by atoms with E-state index in [-0.39, 0.29) is 12.7 Å². The molecule has 0 aliphatic rings. The van der Waals surface area contributed by atoms with Gasteiger partial charge in [0.25, 0.3) is 0 Å². The van der Waals surface area contributed by atoms with Gasteiger partial charge in [-0.2, -0.15) is 0 Å². The molecule has 0 aliphatic heterocycles. The van der Waals surface area contributed by atoms with Crippen LogP contribution < -0.4 is 0 Å². The fourth-order valence-electron chi connectivity index (χ4n) is 1.84. The lowest BCUT2D eigenvalue weighted by molar-refractivity contribution is 0.0740. The number of likely N-dealkylation sites (N-methyl/N-ethyl adjacent to an activating group) is 1. The van der Waals surface area contributed by atoms with E-state index in [1.54, 1.807) is 13.4 Å². The van der Waals surface area contributed by atoms with E-state index in [2.05, 4.69) is 4.98 Å². The molecule has 1 amide bonds. The fraction of sp³-hybridized carbons (Fsp3) is 0.375. The third-order valence-electron chi connectivity index (χ3n) is 3.10. The summed E-state index contributed by atoms with van der Waals surface area (Å²) in [6.45, 7) is 1.63. The van der Waals surface area contributed by atoms with Crippen LogP contribution >= 0.6 is 0 Å². The van der Waals surface area contributed by atoms with Crippen molar-refractivity contribution < 1.29 is 14.3 Å². The Morgan fingerprint density at radius 1 is 1.27 bits per heavy atom. The molecule has 0 fully saturated rings. The highest BCUT2D eigenvalue weighted by Crippen LogP contribution is 2.02. The van der Waals surface area contributed by atoms with Gasteiger partial charge in [0.05, 0.1) is 25.2 Å². The first-order valence-electron chi connectivity index (χ1n) is 7.11. The van der Waals surface area contributed by atoms with Crippen LogP contribution in [-0.2, 0) is 29.7 Å². The monoisotopic (exact) mass is 303 g/mol. The van der Waals surface area contributed by atoms with E-state index in [9.17, 15) is 4.79 Å². The second-order valence-electron chi connectivity index (χ2n) is 5.04. The third kappa shape index (κ3) is 5.21. The molecule has 1 aromatic heterocycles. The topological polar surface area (TPSA) is 56.6 Å². The molecule has 118 valence electrons. The molecule has 6 heteroatoms. The highest BCUT2D eigenvalue weighted by atomic mass is 16.6. The number of aromatic nitrogens is 2. The van der Waals surface area contributed by atoms with Crippen molar-refractivity contribution in [1.82, 2.24) is 14.5 Å². The molecule has 1 heterocycles. The number of carbonyl (C=O) groups excluding carboxylic acids is 1. The van der Waals surface area contributed by atoms with Gasteiger partial charge >= 0.3 is 6.09 Å². The van der Waals surface area contributed by atoms with Crippen LogP contribution in [0.15, 0.2) is 42.9 Å². The van der Waals surface area contributed by atoms with E-state index in [0.717, 1.165) is 11.3 Å². The minimum absolute atomic E-state index is 0.277. The number of rotatable bonds is 7. The van der Waals surface area contributed by atoms with E-state index in [1.807, 2.05) is 48.1 Å². The molecule has 0 bridgehead atoms.